The van der Waals surface area contributed by atoms with Crippen LogP contribution in [-0.2, 0) is 12.8 Å². The molecule has 0 aliphatic rings. The van der Waals surface area contributed by atoms with E-state index in [1.165, 1.54) is 22.0 Å². The highest BCUT2D eigenvalue weighted by atomic mass is 14.7. The highest BCUT2D eigenvalue weighted by Gasteiger charge is 2.06. The number of benzene rings is 1. The summed E-state index contributed by atoms with van der Waals surface area (Å²) in [4.78, 5) is 4.71. The molecule has 0 bridgehead atoms. The first-order valence-corrected chi connectivity index (χ1v) is 6.84. The Morgan fingerprint density at radius 3 is 2.72 bits per heavy atom. The number of fused-ring (bicyclic) bond motifs is 1. The second-order valence-electron chi connectivity index (χ2n) is 4.84. The average molecular weight is 242 g/mol. The maximum absolute atomic E-state index is 5.57. The molecule has 2 N–H and O–H groups in total. The van der Waals surface area contributed by atoms with E-state index in [-0.39, 0.29) is 0 Å². The van der Waals surface area contributed by atoms with Crippen molar-refractivity contribution in [1.82, 2.24) is 4.98 Å². The van der Waals surface area contributed by atoms with Crippen molar-refractivity contribution >= 4 is 10.9 Å². The molecule has 0 aliphatic heterocycles. The van der Waals surface area contributed by atoms with E-state index >= 15 is 0 Å². The number of rotatable bonds is 5. The summed E-state index contributed by atoms with van der Waals surface area (Å²) in [6.07, 6.45) is 4.39. The van der Waals surface area contributed by atoms with Gasteiger partial charge in [0, 0.05) is 11.1 Å². The number of nitrogens with two attached hydrogens (primary N) is 1. The zero-order chi connectivity index (χ0) is 13.0. The van der Waals surface area contributed by atoms with Gasteiger partial charge in [-0.05, 0) is 56.3 Å². The lowest BCUT2D eigenvalue weighted by atomic mass is 9.99. The van der Waals surface area contributed by atoms with E-state index in [1.54, 1.807) is 0 Å². The SMILES string of the molecule is CCc1cccc2c(CCCCN)cc(C)nc12. The average Bonchev–Trinajstić information content (AvgIpc) is 2.38. The van der Waals surface area contributed by atoms with Gasteiger partial charge in [0.15, 0.2) is 0 Å². The maximum Gasteiger partial charge on any atom is 0.0739 e. The molecule has 0 atom stereocenters. The molecule has 0 saturated carbocycles. The molecule has 1 aromatic carbocycles. The lowest BCUT2D eigenvalue weighted by molar-refractivity contribution is 0.746. The summed E-state index contributed by atoms with van der Waals surface area (Å²) in [5.41, 5.74) is 10.6. The van der Waals surface area contributed by atoms with Crippen LogP contribution in [0.15, 0.2) is 24.3 Å². The van der Waals surface area contributed by atoms with Gasteiger partial charge in [0.1, 0.15) is 0 Å². The second kappa shape index (κ2) is 5.96. The third-order valence-corrected chi connectivity index (χ3v) is 3.42. The minimum Gasteiger partial charge on any atom is -0.330 e. The van der Waals surface area contributed by atoms with Gasteiger partial charge in [-0.25, -0.2) is 0 Å². The molecule has 96 valence electrons. The van der Waals surface area contributed by atoms with Crippen LogP contribution < -0.4 is 5.73 Å². The van der Waals surface area contributed by atoms with Crippen LogP contribution in [-0.4, -0.2) is 11.5 Å². The van der Waals surface area contributed by atoms with Crippen molar-refractivity contribution in [3.05, 3.63) is 41.1 Å². The Balaban J connectivity index is 2.45. The van der Waals surface area contributed by atoms with Crippen molar-refractivity contribution in [1.29, 1.82) is 0 Å². The highest BCUT2D eigenvalue weighted by molar-refractivity contribution is 5.85. The summed E-state index contributed by atoms with van der Waals surface area (Å²) in [6, 6.07) is 8.74. The van der Waals surface area contributed by atoms with Gasteiger partial charge < -0.3 is 5.73 Å². The first-order valence-electron chi connectivity index (χ1n) is 6.84. The van der Waals surface area contributed by atoms with E-state index in [2.05, 4.69) is 38.1 Å². The normalized spacial score (nSPS) is 11.1. The van der Waals surface area contributed by atoms with Crippen molar-refractivity contribution in [3.8, 4) is 0 Å². The molecule has 18 heavy (non-hydrogen) atoms. The van der Waals surface area contributed by atoms with Crippen LogP contribution in [0.3, 0.4) is 0 Å². The third kappa shape index (κ3) is 2.70. The van der Waals surface area contributed by atoms with Crippen LogP contribution >= 0.6 is 0 Å². The minimum absolute atomic E-state index is 0.780. The van der Waals surface area contributed by atoms with E-state index in [0.29, 0.717) is 0 Å². The Kier molecular flexibility index (Phi) is 4.32. The number of hydrogen-bond acceptors (Lipinski definition) is 2. The molecule has 0 spiro atoms. The molecule has 0 fully saturated rings. The fourth-order valence-corrected chi connectivity index (χ4v) is 2.47. The number of nitrogens with zero attached hydrogens (tertiary/aromatic N) is 1. The van der Waals surface area contributed by atoms with Crippen LogP contribution in [0.1, 0.15) is 36.6 Å². The smallest absolute Gasteiger partial charge is 0.0739 e. The molecule has 0 amide bonds. The van der Waals surface area contributed by atoms with Gasteiger partial charge in [-0.15, -0.1) is 0 Å². The van der Waals surface area contributed by atoms with E-state index in [1.807, 2.05) is 0 Å². The summed E-state index contributed by atoms with van der Waals surface area (Å²) >= 11 is 0. The summed E-state index contributed by atoms with van der Waals surface area (Å²) < 4.78 is 0. The fourth-order valence-electron chi connectivity index (χ4n) is 2.47. The van der Waals surface area contributed by atoms with Gasteiger partial charge >= 0.3 is 0 Å². The molecule has 2 rings (SSSR count). The van der Waals surface area contributed by atoms with Crippen LogP contribution in [0.25, 0.3) is 10.9 Å². The molecule has 1 aromatic heterocycles. The van der Waals surface area contributed by atoms with E-state index in [9.17, 15) is 0 Å². The lowest BCUT2D eigenvalue weighted by Crippen LogP contribution is -2.00. The highest BCUT2D eigenvalue weighted by Crippen LogP contribution is 2.23. The van der Waals surface area contributed by atoms with E-state index in [0.717, 1.165) is 37.9 Å². The number of pyridine rings is 1. The fraction of sp³-hybridized carbons (Fsp3) is 0.438. The second-order valence-corrected chi connectivity index (χ2v) is 4.84. The zero-order valence-corrected chi connectivity index (χ0v) is 11.4. The largest absolute Gasteiger partial charge is 0.330 e. The Labute approximate surface area is 109 Å². The van der Waals surface area contributed by atoms with Crippen molar-refractivity contribution < 1.29 is 0 Å². The van der Waals surface area contributed by atoms with Crippen LogP contribution in [0, 0.1) is 6.92 Å². The van der Waals surface area contributed by atoms with Crippen molar-refractivity contribution in [3.63, 3.8) is 0 Å². The molecule has 2 heteroatoms. The first kappa shape index (κ1) is 13.0. The predicted octanol–water partition coefficient (Wildman–Crippen LogP) is 3.39. The van der Waals surface area contributed by atoms with Gasteiger partial charge in [-0.2, -0.15) is 0 Å². The van der Waals surface area contributed by atoms with Gasteiger partial charge in [0.2, 0.25) is 0 Å². The number of aromatic nitrogens is 1. The van der Waals surface area contributed by atoms with Gasteiger partial charge in [-0.1, -0.05) is 25.1 Å². The van der Waals surface area contributed by atoms with Crippen molar-refractivity contribution in [2.24, 2.45) is 5.73 Å². The number of unbranched alkanes of at least 4 members (excludes halogenated alkanes) is 1. The maximum atomic E-state index is 5.57. The molecule has 0 unspecified atom stereocenters. The topological polar surface area (TPSA) is 38.9 Å². The van der Waals surface area contributed by atoms with Gasteiger partial charge in [-0.3, -0.25) is 4.98 Å². The third-order valence-electron chi connectivity index (χ3n) is 3.42. The predicted molar refractivity (Wildman–Crippen MR) is 77.9 cm³/mol. The van der Waals surface area contributed by atoms with Crippen LogP contribution in [0.2, 0.25) is 0 Å². The molecular formula is C16H22N2. The Morgan fingerprint density at radius 1 is 1.17 bits per heavy atom. The Hall–Kier alpha value is -1.41. The summed E-state index contributed by atoms with van der Waals surface area (Å²) in [6.45, 7) is 5.05. The molecule has 2 nitrogen and oxygen atoms in total. The number of hydrogen-bond donors (Lipinski definition) is 1. The summed E-state index contributed by atoms with van der Waals surface area (Å²) in [7, 11) is 0. The lowest BCUT2D eigenvalue weighted by Gasteiger charge is -2.10. The van der Waals surface area contributed by atoms with Crippen molar-refractivity contribution in [2.75, 3.05) is 6.54 Å². The monoisotopic (exact) mass is 242 g/mol. The first-order chi connectivity index (χ1) is 8.76. The minimum atomic E-state index is 0.780. The Bertz CT molecular complexity index is 532. The van der Waals surface area contributed by atoms with E-state index in [4.69, 9.17) is 10.7 Å². The number of aryl methyl sites for hydroxylation is 3. The summed E-state index contributed by atoms with van der Waals surface area (Å²) in [5, 5.41) is 1.32. The zero-order valence-electron chi connectivity index (χ0n) is 11.4. The standard InChI is InChI=1S/C16H22N2/c1-3-13-8-6-9-15-14(7-4-5-10-17)11-12(2)18-16(13)15/h6,8-9,11H,3-5,7,10,17H2,1-2H3. The van der Waals surface area contributed by atoms with Crippen LogP contribution in [0.4, 0.5) is 0 Å². The molecule has 2 aromatic rings. The van der Waals surface area contributed by atoms with Gasteiger partial charge in [0.25, 0.3) is 0 Å². The van der Waals surface area contributed by atoms with Gasteiger partial charge in [0.05, 0.1) is 5.52 Å². The molecule has 1 heterocycles. The molecule has 0 aliphatic carbocycles. The van der Waals surface area contributed by atoms with Crippen LogP contribution in [0.5, 0.6) is 0 Å². The van der Waals surface area contributed by atoms with E-state index < -0.39 is 0 Å². The van der Waals surface area contributed by atoms with Crippen molar-refractivity contribution in [2.45, 2.75) is 39.5 Å². The number of para-hydroxylation sites is 1. The Morgan fingerprint density at radius 2 is 2.00 bits per heavy atom. The molecule has 0 saturated heterocycles. The molecule has 0 radical (unpaired) electrons. The summed E-state index contributed by atoms with van der Waals surface area (Å²) in [5.74, 6) is 0. The quantitative estimate of drug-likeness (QED) is 0.816. The molecular weight excluding hydrogens is 220 g/mol.